The predicted molar refractivity (Wildman–Crippen MR) is 106 cm³/mol. The summed E-state index contributed by atoms with van der Waals surface area (Å²) in [4.78, 5) is 26.2. The molecule has 10 heteroatoms. The summed E-state index contributed by atoms with van der Waals surface area (Å²) in [6.07, 6.45) is 3.55. The van der Waals surface area contributed by atoms with Crippen molar-refractivity contribution in [3.8, 4) is 11.3 Å². The quantitative estimate of drug-likeness (QED) is 0.499. The van der Waals surface area contributed by atoms with Gasteiger partial charge in [-0.2, -0.15) is 5.10 Å². The monoisotopic (exact) mass is 426 g/mol. The highest BCUT2D eigenvalue weighted by molar-refractivity contribution is 6.04. The fraction of sp³-hybridized carbons (Fsp3) is 0.238. The van der Waals surface area contributed by atoms with Crippen LogP contribution >= 0.6 is 0 Å². The van der Waals surface area contributed by atoms with Gasteiger partial charge >= 0.3 is 0 Å². The Morgan fingerprint density at radius 1 is 1.16 bits per heavy atom. The standard InChI is InChI=1S/C21H17F3N6O/c1-10-7-25-20-16(10)18(26-9-27-20)21(31)30-4-3-12-15(8-30)28-29(2)19(12)11-5-13(22)17(24)14(23)6-11/h5-7,9H,3-4,8H2,1-2H3,(H,25,26,27). The van der Waals surface area contributed by atoms with Gasteiger partial charge in [0, 0.05) is 30.9 Å². The molecule has 3 aromatic heterocycles. The molecule has 1 aliphatic heterocycles. The Morgan fingerprint density at radius 3 is 2.65 bits per heavy atom. The minimum atomic E-state index is -1.51. The molecule has 0 fully saturated rings. The van der Waals surface area contributed by atoms with Gasteiger partial charge in [0.2, 0.25) is 0 Å². The number of nitrogens with one attached hydrogen (secondary N) is 1. The van der Waals surface area contributed by atoms with E-state index < -0.39 is 17.5 Å². The third-order valence-corrected chi connectivity index (χ3v) is 5.61. The number of aromatic amines is 1. The molecule has 7 nitrogen and oxygen atoms in total. The number of nitrogens with zero attached hydrogens (tertiary/aromatic N) is 5. The number of carbonyl (C=O) groups is 1. The van der Waals surface area contributed by atoms with Gasteiger partial charge < -0.3 is 9.88 Å². The highest BCUT2D eigenvalue weighted by Crippen LogP contribution is 2.32. The molecule has 1 amide bonds. The van der Waals surface area contributed by atoms with Crippen molar-refractivity contribution >= 4 is 16.9 Å². The average molecular weight is 426 g/mol. The van der Waals surface area contributed by atoms with Crippen molar-refractivity contribution < 1.29 is 18.0 Å². The maximum absolute atomic E-state index is 13.8. The summed E-state index contributed by atoms with van der Waals surface area (Å²) in [5.41, 5.74) is 3.89. The first kappa shape index (κ1) is 19.3. The van der Waals surface area contributed by atoms with Gasteiger partial charge in [0.25, 0.3) is 5.91 Å². The minimum absolute atomic E-state index is 0.202. The summed E-state index contributed by atoms with van der Waals surface area (Å²) < 4.78 is 42.4. The lowest BCUT2D eigenvalue weighted by atomic mass is 9.99. The second-order valence-corrected chi connectivity index (χ2v) is 7.55. The molecule has 0 saturated heterocycles. The second kappa shape index (κ2) is 6.93. The van der Waals surface area contributed by atoms with Gasteiger partial charge in [-0.15, -0.1) is 0 Å². The number of fused-ring (bicyclic) bond motifs is 2. The van der Waals surface area contributed by atoms with Crippen LogP contribution in [0.2, 0.25) is 0 Å². The van der Waals surface area contributed by atoms with Crippen LogP contribution in [0.4, 0.5) is 13.2 Å². The number of hydrogen-bond donors (Lipinski definition) is 1. The van der Waals surface area contributed by atoms with Crippen LogP contribution in [0.15, 0.2) is 24.7 Å². The Hall–Kier alpha value is -3.69. The van der Waals surface area contributed by atoms with E-state index in [0.29, 0.717) is 41.1 Å². The van der Waals surface area contributed by atoms with Crippen molar-refractivity contribution in [2.24, 2.45) is 7.05 Å². The van der Waals surface area contributed by atoms with Crippen LogP contribution < -0.4 is 0 Å². The van der Waals surface area contributed by atoms with Crippen LogP contribution in [-0.4, -0.2) is 42.1 Å². The van der Waals surface area contributed by atoms with E-state index in [0.717, 1.165) is 23.3 Å². The predicted octanol–water partition coefficient (Wildman–Crippen LogP) is 3.28. The molecular formula is C21H17F3N6O. The molecule has 1 aromatic carbocycles. The largest absolute Gasteiger partial charge is 0.346 e. The molecule has 4 aromatic rings. The molecule has 5 rings (SSSR count). The maximum Gasteiger partial charge on any atom is 0.273 e. The van der Waals surface area contributed by atoms with Crippen LogP contribution in [0, 0.1) is 24.4 Å². The number of hydrogen-bond acceptors (Lipinski definition) is 4. The summed E-state index contributed by atoms with van der Waals surface area (Å²) in [5, 5.41) is 5.13. The number of aryl methyl sites for hydroxylation is 2. The topological polar surface area (TPSA) is 79.7 Å². The number of benzene rings is 1. The summed E-state index contributed by atoms with van der Waals surface area (Å²) in [6, 6.07) is 1.92. The van der Waals surface area contributed by atoms with Gasteiger partial charge in [0.05, 0.1) is 23.3 Å². The molecule has 0 bridgehead atoms. The normalized spacial score (nSPS) is 13.6. The van der Waals surface area contributed by atoms with Gasteiger partial charge in [-0.25, -0.2) is 23.1 Å². The third-order valence-electron chi connectivity index (χ3n) is 5.61. The Labute approximate surface area is 174 Å². The lowest BCUT2D eigenvalue weighted by Gasteiger charge is -2.26. The summed E-state index contributed by atoms with van der Waals surface area (Å²) in [5.74, 6) is -4.26. The second-order valence-electron chi connectivity index (χ2n) is 7.55. The van der Waals surface area contributed by atoms with E-state index in [4.69, 9.17) is 0 Å². The molecule has 4 heterocycles. The summed E-state index contributed by atoms with van der Waals surface area (Å²) >= 11 is 0. The van der Waals surface area contributed by atoms with Crippen LogP contribution in [-0.2, 0) is 20.0 Å². The SMILES string of the molecule is Cc1c[nH]c2ncnc(C(=O)N3CCc4c(nn(C)c4-c4cc(F)c(F)c(F)c4)C3)c12. The lowest BCUT2D eigenvalue weighted by molar-refractivity contribution is 0.0728. The van der Waals surface area contributed by atoms with E-state index in [1.165, 1.54) is 11.0 Å². The minimum Gasteiger partial charge on any atom is -0.346 e. The molecule has 0 atom stereocenters. The molecule has 1 aliphatic rings. The number of carbonyl (C=O) groups excluding carboxylic acids is 1. The van der Waals surface area contributed by atoms with Gasteiger partial charge in [0.1, 0.15) is 17.7 Å². The summed E-state index contributed by atoms with van der Waals surface area (Å²) in [7, 11) is 1.65. The van der Waals surface area contributed by atoms with Crippen molar-refractivity contribution in [1.29, 1.82) is 0 Å². The van der Waals surface area contributed by atoms with Crippen LogP contribution in [0.1, 0.15) is 27.3 Å². The molecule has 1 N–H and O–H groups in total. The highest BCUT2D eigenvalue weighted by Gasteiger charge is 2.30. The van der Waals surface area contributed by atoms with Crippen LogP contribution in [0.3, 0.4) is 0 Å². The van der Waals surface area contributed by atoms with Crippen molar-refractivity contribution in [3.63, 3.8) is 0 Å². The summed E-state index contributed by atoms with van der Waals surface area (Å²) in [6.45, 7) is 2.48. The smallest absolute Gasteiger partial charge is 0.273 e. The highest BCUT2D eigenvalue weighted by atomic mass is 19.2. The Kier molecular flexibility index (Phi) is 4.31. The van der Waals surface area contributed by atoms with E-state index in [-0.39, 0.29) is 18.0 Å². The number of aromatic nitrogens is 5. The van der Waals surface area contributed by atoms with Gasteiger partial charge in [-0.05, 0) is 31.0 Å². The zero-order valence-corrected chi connectivity index (χ0v) is 16.7. The Balaban J connectivity index is 1.50. The molecule has 0 radical (unpaired) electrons. The molecule has 0 saturated carbocycles. The van der Waals surface area contributed by atoms with Gasteiger partial charge in [0.15, 0.2) is 17.5 Å². The van der Waals surface area contributed by atoms with Crippen molar-refractivity contribution in [3.05, 3.63) is 64.6 Å². The zero-order valence-electron chi connectivity index (χ0n) is 16.7. The fourth-order valence-corrected chi connectivity index (χ4v) is 4.18. The lowest BCUT2D eigenvalue weighted by Crippen LogP contribution is -2.36. The van der Waals surface area contributed by atoms with E-state index in [2.05, 4.69) is 20.1 Å². The molecule has 0 unspecified atom stereocenters. The molecule has 0 spiro atoms. The molecule has 158 valence electrons. The van der Waals surface area contributed by atoms with E-state index in [1.807, 2.05) is 6.92 Å². The van der Waals surface area contributed by atoms with E-state index in [1.54, 1.807) is 18.1 Å². The first-order valence-corrected chi connectivity index (χ1v) is 9.62. The number of amides is 1. The first-order valence-electron chi connectivity index (χ1n) is 9.62. The molecule has 0 aliphatic carbocycles. The number of H-pyrrole nitrogens is 1. The Bertz CT molecular complexity index is 1340. The van der Waals surface area contributed by atoms with Gasteiger partial charge in [-0.1, -0.05) is 0 Å². The Morgan fingerprint density at radius 2 is 1.90 bits per heavy atom. The van der Waals surface area contributed by atoms with Crippen molar-refractivity contribution in [2.75, 3.05) is 6.54 Å². The number of rotatable bonds is 2. The average Bonchev–Trinajstić information content (AvgIpc) is 3.29. The van der Waals surface area contributed by atoms with Gasteiger partial charge in [-0.3, -0.25) is 9.48 Å². The van der Waals surface area contributed by atoms with E-state index in [9.17, 15) is 18.0 Å². The first-order chi connectivity index (χ1) is 14.8. The number of halogens is 3. The van der Waals surface area contributed by atoms with Crippen molar-refractivity contribution in [1.82, 2.24) is 29.6 Å². The van der Waals surface area contributed by atoms with Crippen molar-refractivity contribution in [2.45, 2.75) is 19.9 Å². The molecule has 31 heavy (non-hydrogen) atoms. The maximum atomic E-state index is 13.8. The fourth-order valence-electron chi connectivity index (χ4n) is 4.18. The van der Waals surface area contributed by atoms with Crippen LogP contribution in [0.25, 0.3) is 22.3 Å². The third kappa shape index (κ3) is 2.97. The molecular weight excluding hydrogens is 409 g/mol. The van der Waals surface area contributed by atoms with E-state index >= 15 is 0 Å². The zero-order chi connectivity index (χ0) is 21.9. The van der Waals surface area contributed by atoms with Crippen LogP contribution in [0.5, 0.6) is 0 Å².